The molecule has 0 bridgehead atoms. The Morgan fingerprint density at radius 3 is 2.50 bits per heavy atom. The lowest BCUT2D eigenvalue weighted by molar-refractivity contribution is -0.138. The molecule has 1 rings (SSSR count). The van der Waals surface area contributed by atoms with Crippen LogP contribution in [0.25, 0.3) is 0 Å². The fourth-order valence-electron chi connectivity index (χ4n) is 1.71. The van der Waals surface area contributed by atoms with Crippen molar-refractivity contribution in [2.45, 2.75) is 31.3 Å². The summed E-state index contributed by atoms with van der Waals surface area (Å²) in [6.07, 6.45) is -4.74. The van der Waals surface area contributed by atoms with Gasteiger partial charge in [0.2, 0.25) is 0 Å². The Morgan fingerprint density at radius 2 is 2.00 bits per heavy atom. The maximum absolute atomic E-state index is 11.5. The largest absolute Gasteiger partial charge is 0.450 e. The lowest BCUT2D eigenvalue weighted by atomic mass is 9.95. The Hall–Kier alpha value is -0.890. The number of nitrogens with zero attached hydrogens (tertiary/aromatic N) is 1. The highest BCUT2D eigenvalue weighted by molar-refractivity contribution is 5.68. The number of hydrogen-bond acceptors (Lipinski definition) is 6. The summed E-state index contributed by atoms with van der Waals surface area (Å²) in [6, 6.07) is -0.961. The highest BCUT2D eigenvalue weighted by Crippen LogP contribution is 2.19. The van der Waals surface area contributed by atoms with Crippen LogP contribution in [0.4, 0.5) is 4.79 Å². The van der Waals surface area contributed by atoms with Gasteiger partial charge in [0.25, 0.3) is 0 Å². The summed E-state index contributed by atoms with van der Waals surface area (Å²) in [7, 11) is 0. The molecule has 1 aliphatic rings. The fourth-order valence-corrected chi connectivity index (χ4v) is 1.71. The summed E-state index contributed by atoms with van der Waals surface area (Å²) in [5.41, 5.74) is 0. The fraction of sp³-hybridized carbons (Fsp3) is 0.889. The average Bonchev–Trinajstić information content (AvgIpc) is 2.26. The van der Waals surface area contributed by atoms with Crippen molar-refractivity contribution >= 4 is 6.09 Å². The average molecular weight is 235 g/mol. The standard InChI is InChI=1S/C9H17NO6/c1-2-16-9(15)10-3-6(12)8(14)7(13)5(10)4-11/h5-8,11-14H,2-4H2,1H3. The number of rotatable bonds is 2. The summed E-state index contributed by atoms with van der Waals surface area (Å²) in [5.74, 6) is 0. The van der Waals surface area contributed by atoms with Gasteiger partial charge in [0.1, 0.15) is 18.3 Å². The highest BCUT2D eigenvalue weighted by atomic mass is 16.6. The molecule has 7 heteroatoms. The number of carbonyl (C=O) groups excluding carboxylic acids is 1. The molecular formula is C9H17NO6. The number of likely N-dealkylation sites (tertiary alicyclic amines) is 1. The van der Waals surface area contributed by atoms with Crippen molar-refractivity contribution in [2.75, 3.05) is 19.8 Å². The van der Waals surface area contributed by atoms with Gasteiger partial charge in [-0.25, -0.2) is 4.79 Å². The first kappa shape index (κ1) is 13.2. The van der Waals surface area contributed by atoms with E-state index in [0.717, 1.165) is 4.90 Å². The third-order valence-corrected chi connectivity index (χ3v) is 2.61. The quantitative estimate of drug-likeness (QED) is 0.436. The minimum atomic E-state index is -1.39. The molecule has 1 heterocycles. The number of ether oxygens (including phenoxy) is 1. The van der Waals surface area contributed by atoms with E-state index in [9.17, 15) is 20.1 Å². The van der Waals surface area contributed by atoms with Crippen molar-refractivity contribution in [2.24, 2.45) is 0 Å². The maximum Gasteiger partial charge on any atom is 0.410 e. The van der Waals surface area contributed by atoms with Gasteiger partial charge in [-0.1, -0.05) is 0 Å². The zero-order chi connectivity index (χ0) is 12.3. The van der Waals surface area contributed by atoms with Crippen LogP contribution in [0.1, 0.15) is 6.92 Å². The zero-order valence-electron chi connectivity index (χ0n) is 8.98. The van der Waals surface area contributed by atoms with Crippen LogP contribution in [-0.2, 0) is 4.74 Å². The van der Waals surface area contributed by atoms with E-state index in [1.807, 2.05) is 0 Å². The molecule has 0 aromatic rings. The van der Waals surface area contributed by atoms with Gasteiger partial charge in [-0.15, -0.1) is 0 Å². The van der Waals surface area contributed by atoms with Gasteiger partial charge in [0, 0.05) is 0 Å². The Kier molecular flexibility index (Phi) is 4.48. The van der Waals surface area contributed by atoms with Crippen molar-refractivity contribution in [3.8, 4) is 0 Å². The minimum Gasteiger partial charge on any atom is -0.450 e. The summed E-state index contributed by atoms with van der Waals surface area (Å²) in [4.78, 5) is 12.5. The number of hydrogen-bond donors (Lipinski definition) is 4. The lowest BCUT2D eigenvalue weighted by Gasteiger charge is -2.42. The number of carbonyl (C=O) groups is 1. The van der Waals surface area contributed by atoms with Crippen molar-refractivity contribution in [3.63, 3.8) is 0 Å². The van der Waals surface area contributed by atoms with E-state index < -0.39 is 37.1 Å². The molecule has 0 aromatic carbocycles. The Balaban J connectivity index is 2.78. The smallest absolute Gasteiger partial charge is 0.410 e. The number of piperidine rings is 1. The number of β-amino-alcohol motifs (C(OH)–C–C–N with tert-alkyl or cyclic N) is 1. The van der Waals surface area contributed by atoms with Gasteiger partial charge in [-0.2, -0.15) is 0 Å². The molecule has 0 saturated carbocycles. The van der Waals surface area contributed by atoms with Crippen LogP contribution in [0.3, 0.4) is 0 Å². The molecule has 0 aromatic heterocycles. The van der Waals surface area contributed by atoms with Crippen molar-refractivity contribution in [1.29, 1.82) is 0 Å². The van der Waals surface area contributed by atoms with E-state index >= 15 is 0 Å². The van der Waals surface area contributed by atoms with Crippen LogP contribution in [-0.4, -0.2) is 75.5 Å². The van der Waals surface area contributed by atoms with Crippen LogP contribution in [0.5, 0.6) is 0 Å². The SMILES string of the molecule is CCOC(=O)N1CC(O)C(O)C(O)C1CO. The molecule has 1 saturated heterocycles. The van der Waals surface area contributed by atoms with Gasteiger partial charge in [0.05, 0.1) is 25.8 Å². The van der Waals surface area contributed by atoms with Crippen molar-refractivity contribution in [1.82, 2.24) is 4.90 Å². The summed E-state index contributed by atoms with van der Waals surface area (Å²) in [6.45, 7) is 1.09. The molecule has 4 N–H and O–H groups in total. The lowest BCUT2D eigenvalue weighted by Crippen LogP contribution is -2.63. The van der Waals surface area contributed by atoms with Gasteiger partial charge in [-0.3, -0.25) is 4.90 Å². The van der Waals surface area contributed by atoms with E-state index in [1.165, 1.54) is 0 Å². The molecule has 1 aliphatic heterocycles. The number of aliphatic hydroxyl groups is 4. The Morgan fingerprint density at radius 1 is 1.38 bits per heavy atom. The van der Waals surface area contributed by atoms with E-state index in [0.29, 0.717) is 0 Å². The second kappa shape index (κ2) is 5.44. The minimum absolute atomic E-state index is 0.155. The monoisotopic (exact) mass is 235 g/mol. The molecule has 4 atom stereocenters. The third kappa shape index (κ3) is 2.43. The second-order valence-electron chi connectivity index (χ2n) is 3.65. The molecule has 0 aliphatic carbocycles. The first-order chi connectivity index (χ1) is 7.52. The summed E-state index contributed by atoms with van der Waals surface area (Å²) < 4.78 is 4.72. The predicted molar refractivity (Wildman–Crippen MR) is 52.6 cm³/mol. The molecule has 94 valence electrons. The molecule has 0 spiro atoms. The topological polar surface area (TPSA) is 110 Å². The molecule has 4 unspecified atom stereocenters. The third-order valence-electron chi connectivity index (χ3n) is 2.61. The summed E-state index contributed by atoms with van der Waals surface area (Å²) in [5, 5.41) is 37.4. The Bertz CT molecular complexity index is 248. The first-order valence-corrected chi connectivity index (χ1v) is 5.11. The van der Waals surface area contributed by atoms with Crippen molar-refractivity contribution < 1.29 is 30.0 Å². The Labute approximate surface area is 92.9 Å². The van der Waals surface area contributed by atoms with Crippen LogP contribution in [0, 0.1) is 0 Å². The van der Waals surface area contributed by atoms with E-state index in [4.69, 9.17) is 9.84 Å². The predicted octanol–water partition coefficient (Wildman–Crippen LogP) is -2.10. The van der Waals surface area contributed by atoms with Gasteiger partial charge in [0.15, 0.2) is 0 Å². The number of aliphatic hydroxyl groups excluding tert-OH is 4. The van der Waals surface area contributed by atoms with E-state index in [2.05, 4.69) is 0 Å². The number of amides is 1. The molecule has 16 heavy (non-hydrogen) atoms. The van der Waals surface area contributed by atoms with Crippen LogP contribution in [0.2, 0.25) is 0 Å². The van der Waals surface area contributed by atoms with Gasteiger partial charge >= 0.3 is 6.09 Å². The molecule has 1 fully saturated rings. The second-order valence-corrected chi connectivity index (χ2v) is 3.65. The van der Waals surface area contributed by atoms with Gasteiger partial charge in [-0.05, 0) is 6.92 Å². The molecular weight excluding hydrogens is 218 g/mol. The molecule has 0 radical (unpaired) electrons. The zero-order valence-corrected chi connectivity index (χ0v) is 8.98. The molecule has 7 nitrogen and oxygen atoms in total. The van der Waals surface area contributed by atoms with Gasteiger partial charge < -0.3 is 25.2 Å². The highest BCUT2D eigenvalue weighted by Gasteiger charge is 2.43. The first-order valence-electron chi connectivity index (χ1n) is 5.11. The van der Waals surface area contributed by atoms with Crippen LogP contribution < -0.4 is 0 Å². The maximum atomic E-state index is 11.5. The van der Waals surface area contributed by atoms with Crippen LogP contribution in [0.15, 0.2) is 0 Å². The normalized spacial score (nSPS) is 34.9. The van der Waals surface area contributed by atoms with E-state index in [1.54, 1.807) is 6.92 Å². The summed E-state index contributed by atoms with van der Waals surface area (Å²) >= 11 is 0. The van der Waals surface area contributed by atoms with E-state index in [-0.39, 0.29) is 13.2 Å². The van der Waals surface area contributed by atoms with Crippen molar-refractivity contribution in [3.05, 3.63) is 0 Å². The van der Waals surface area contributed by atoms with Crippen LogP contribution >= 0.6 is 0 Å². The molecule has 1 amide bonds.